The molecule has 0 fully saturated rings. The summed E-state index contributed by atoms with van der Waals surface area (Å²) in [6.45, 7) is 0. The van der Waals surface area contributed by atoms with Crippen LogP contribution in [-0.4, -0.2) is 0 Å². The van der Waals surface area contributed by atoms with Crippen molar-refractivity contribution in [2.45, 2.75) is 0 Å². The monoisotopic (exact) mass is 716 g/mol. The van der Waals surface area contributed by atoms with E-state index >= 15 is 0 Å². The number of rotatable bonds is 10. The first-order valence-corrected chi connectivity index (χ1v) is 17.2. The van der Waals surface area contributed by atoms with Gasteiger partial charge < -0.3 is 21.3 Å². The van der Waals surface area contributed by atoms with Crippen LogP contribution < -0.4 is 0 Å². The zero-order valence-electron chi connectivity index (χ0n) is 29.1. The van der Waals surface area contributed by atoms with Crippen molar-refractivity contribution in [2.75, 3.05) is 0 Å². The molecule has 0 amide bonds. The van der Waals surface area contributed by atoms with Crippen LogP contribution in [0.5, 0.6) is 0 Å². The number of para-hydroxylation sites is 8. The average molecular weight is 717 g/mol. The van der Waals surface area contributed by atoms with E-state index in [-0.39, 0.29) is 21.7 Å². The van der Waals surface area contributed by atoms with Crippen LogP contribution >= 0.6 is 0 Å². The Hall–Kier alpha value is -6.33. The molecule has 8 aromatic carbocycles. The minimum atomic E-state index is 0. The Kier molecular flexibility index (Phi) is 12.9. The molecule has 0 saturated heterocycles. The molecule has 0 unspecified atom stereocenters. The third-order valence-corrected chi connectivity index (χ3v) is 8.22. The fraction of sp³-hybridized carbons (Fsp3) is 0. The Morgan fingerprint density at radius 1 is 0.189 bits per heavy atom. The van der Waals surface area contributed by atoms with Crippen molar-refractivity contribution in [1.82, 2.24) is 0 Å². The van der Waals surface area contributed by atoms with Crippen LogP contribution in [0, 0.1) is 0 Å². The van der Waals surface area contributed by atoms with Gasteiger partial charge in [-0.25, -0.2) is 0 Å². The van der Waals surface area contributed by atoms with E-state index in [9.17, 15) is 0 Å². The van der Waals surface area contributed by atoms with Crippen molar-refractivity contribution in [3.63, 3.8) is 0 Å². The van der Waals surface area contributed by atoms with Crippen LogP contribution in [0.25, 0.3) is 43.5 Å². The van der Waals surface area contributed by atoms with Crippen LogP contribution in [0.1, 0.15) is 0 Å². The summed E-state index contributed by atoms with van der Waals surface area (Å²) in [5.74, 6) is 0. The predicted octanol–water partition coefficient (Wildman–Crippen LogP) is 16.1. The smallest absolute Gasteiger partial charge is 0.657 e. The Labute approximate surface area is 327 Å². The van der Waals surface area contributed by atoms with Crippen LogP contribution in [0.15, 0.2) is 218 Å². The Balaban J connectivity index is 0.000000178. The molecule has 5 heteroatoms. The molecule has 0 aliphatic carbocycles. The average Bonchev–Trinajstić information content (AvgIpc) is 3.21. The van der Waals surface area contributed by atoms with Gasteiger partial charge in [0.05, 0.1) is 0 Å². The third-order valence-electron chi connectivity index (χ3n) is 8.22. The van der Waals surface area contributed by atoms with Gasteiger partial charge in [-0.2, -0.15) is 0 Å². The van der Waals surface area contributed by atoms with Crippen molar-refractivity contribution in [1.29, 1.82) is 0 Å². The van der Waals surface area contributed by atoms with Gasteiger partial charge >= 0.3 is 21.7 Å². The maximum absolute atomic E-state index is 4.82. The molecule has 0 heterocycles. The molecule has 0 aromatic heterocycles. The number of benzene rings is 8. The number of nitrogens with zero attached hydrogens (tertiary/aromatic N) is 4. The molecule has 252 valence electrons. The first-order chi connectivity index (χ1) is 25.8. The molecule has 0 atom stereocenters. The Morgan fingerprint density at radius 3 is 0.566 bits per heavy atom. The molecular formula is C48H36N4Ti. The molecule has 0 aliphatic heterocycles. The second kappa shape index (κ2) is 18.8. The normalized spacial score (nSPS) is 10.1. The minimum Gasteiger partial charge on any atom is -0.657 e. The third kappa shape index (κ3) is 9.93. The molecular weight excluding hydrogens is 680 g/mol. The summed E-state index contributed by atoms with van der Waals surface area (Å²) in [5, 5.41) is 19.3. The number of hydrogen-bond donors (Lipinski definition) is 0. The molecule has 0 bridgehead atoms. The van der Waals surface area contributed by atoms with Crippen molar-refractivity contribution >= 4 is 45.5 Å². The molecule has 0 N–H and O–H groups in total. The van der Waals surface area contributed by atoms with Crippen LogP contribution in [0.4, 0.5) is 45.5 Å². The SMILES string of the molecule is [Ti+4].c1ccc([N-]c2ccccc2-c2ccccc2[N-]c2ccccc2)cc1.c1ccc([N-]c2ccccc2-c2ccccc2[N-]c2ccccc2)cc1. The quantitative estimate of drug-likeness (QED) is 0.127. The van der Waals surface area contributed by atoms with Gasteiger partial charge in [-0.15, -0.1) is 45.5 Å². The van der Waals surface area contributed by atoms with Crippen molar-refractivity contribution in [3.05, 3.63) is 240 Å². The van der Waals surface area contributed by atoms with E-state index in [1.165, 1.54) is 0 Å². The first kappa shape index (κ1) is 36.5. The van der Waals surface area contributed by atoms with Gasteiger partial charge in [-0.1, -0.05) is 218 Å². The maximum Gasteiger partial charge on any atom is 4.00 e. The van der Waals surface area contributed by atoms with E-state index < -0.39 is 0 Å². The fourth-order valence-electron chi connectivity index (χ4n) is 5.76. The Bertz CT molecular complexity index is 1970. The van der Waals surface area contributed by atoms with Gasteiger partial charge in [0, 0.05) is 0 Å². The summed E-state index contributed by atoms with van der Waals surface area (Å²) in [5.41, 5.74) is 11.8. The predicted molar refractivity (Wildman–Crippen MR) is 220 cm³/mol. The van der Waals surface area contributed by atoms with Crippen LogP contribution in [0.2, 0.25) is 0 Å². The topological polar surface area (TPSA) is 56.4 Å². The maximum atomic E-state index is 4.82. The van der Waals surface area contributed by atoms with Gasteiger partial charge in [0.2, 0.25) is 0 Å². The molecule has 0 spiro atoms. The summed E-state index contributed by atoms with van der Waals surface area (Å²) in [6, 6.07) is 72.9. The second-order valence-corrected chi connectivity index (χ2v) is 11.9. The van der Waals surface area contributed by atoms with E-state index in [2.05, 4.69) is 24.3 Å². The molecule has 53 heavy (non-hydrogen) atoms. The largest absolute Gasteiger partial charge is 4.00 e. The fourth-order valence-corrected chi connectivity index (χ4v) is 5.76. The summed E-state index contributed by atoms with van der Waals surface area (Å²) in [7, 11) is 0. The number of hydrogen-bond acceptors (Lipinski definition) is 0. The van der Waals surface area contributed by atoms with Gasteiger partial charge in [-0.3, -0.25) is 0 Å². The molecule has 4 nitrogen and oxygen atoms in total. The van der Waals surface area contributed by atoms with Gasteiger partial charge in [0.25, 0.3) is 0 Å². The van der Waals surface area contributed by atoms with Crippen LogP contribution in [0.3, 0.4) is 0 Å². The van der Waals surface area contributed by atoms with E-state index in [0.717, 1.165) is 67.8 Å². The van der Waals surface area contributed by atoms with E-state index in [1.54, 1.807) is 0 Å². The summed E-state index contributed by atoms with van der Waals surface area (Å²) >= 11 is 0. The zero-order valence-corrected chi connectivity index (χ0v) is 30.6. The summed E-state index contributed by atoms with van der Waals surface area (Å²) in [4.78, 5) is 0. The van der Waals surface area contributed by atoms with Crippen LogP contribution in [-0.2, 0) is 21.7 Å². The summed E-state index contributed by atoms with van der Waals surface area (Å²) in [6.07, 6.45) is 0. The first-order valence-electron chi connectivity index (χ1n) is 17.2. The second-order valence-electron chi connectivity index (χ2n) is 11.9. The molecule has 0 saturated carbocycles. The summed E-state index contributed by atoms with van der Waals surface area (Å²) < 4.78 is 0. The van der Waals surface area contributed by atoms with Crippen molar-refractivity contribution in [3.8, 4) is 22.3 Å². The Morgan fingerprint density at radius 2 is 0.358 bits per heavy atom. The molecule has 0 radical (unpaired) electrons. The van der Waals surface area contributed by atoms with E-state index in [0.29, 0.717) is 0 Å². The van der Waals surface area contributed by atoms with E-state index in [4.69, 9.17) is 21.3 Å². The molecule has 8 aromatic rings. The van der Waals surface area contributed by atoms with Crippen molar-refractivity contribution in [2.24, 2.45) is 0 Å². The zero-order chi connectivity index (χ0) is 35.2. The van der Waals surface area contributed by atoms with E-state index in [1.807, 2.05) is 194 Å². The molecule has 0 aliphatic rings. The van der Waals surface area contributed by atoms with Gasteiger partial charge in [-0.05, 0) is 22.3 Å². The van der Waals surface area contributed by atoms with Gasteiger partial charge in [0.15, 0.2) is 0 Å². The van der Waals surface area contributed by atoms with Gasteiger partial charge in [0.1, 0.15) is 0 Å². The standard InChI is InChI=1S/2C24H18N2.Ti/c2*1-3-11-19(12-4-1)25-23-17-9-7-15-21(23)22-16-8-10-18-24(22)26-20-13-5-2-6-14-20;/h2*1-18H;/q2*-2;+4. The minimum absolute atomic E-state index is 0. The van der Waals surface area contributed by atoms with Crippen molar-refractivity contribution < 1.29 is 21.7 Å². The molecule has 8 rings (SSSR count).